The van der Waals surface area contributed by atoms with Crippen molar-refractivity contribution in [1.82, 2.24) is 5.32 Å². The third-order valence-electron chi connectivity index (χ3n) is 4.02. The van der Waals surface area contributed by atoms with Crippen LogP contribution in [0.1, 0.15) is 30.9 Å². The summed E-state index contributed by atoms with van der Waals surface area (Å²) >= 11 is 0. The molecule has 1 aromatic carbocycles. The van der Waals surface area contributed by atoms with Gasteiger partial charge in [-0.2, -0.15) is 0 Å². The molecule has 1 fully saturated rings. The highest BCUT2D eigenvalue weighted by molar-refractivity contribution is 5.36. The van der Waals surface area contributed by atoms with Gasteiger partial charge >= 0.3 is 0 Å². The Bertz CT molecular complexity index is 400. The molecule has 3 nitrogen and oxygen atoms in total. The van der Waals surface area contributed by atoms with Crippen molar-refractivity contribution in [1.29, 1.82) is 0 Å². The van der Waals surface area contributed by atoms with E-state index in [-0.39, 0.29) is 0 Å². The van der Waals surface area contributed by atoms with E-state index in [1.54, 1.807) is 7.11 Å². The van der Waals surface area contributed by atoms with E-state index in [2.05, 4.69) is 31.3 Å². The first-order chi connectivity index (χ1) is 9.20. The number of hydrogen-bond acceptors (Lipinski definition) is 3. The highest BCUT2D eigenvalue weighted by atomic mass is 16.5. The van der Waals surface area contributed by atoms with E-state index in [4.69, 9.17) is 9.47 Å². The minimum absolute atomic E-state index is 0.522. The quantitative estimate of drug-likeness (QED) is 0.886. The molecular formula is C16H25NO2. The summed E-state index contributed by atoms with van der Waals surface area (Å²) in [6, 6.07) is 6.85. The maximum Gasteiger partial charge on any atom is 0.123 e. The van der Waals surface area contributed by atoms with Crippen LogP contribution in [0, 0.1) is 12.8 Å². The van der Waals surface area contributed by atoms with Gasteiger partial charge in [0.1, 0.15) is 5.75 Å². The van der Waals surface area contributed by atoms with Crippen molar-refractivity contribution in [2.45, 2.75) is 39.3 Å². The summed E-state index contributed by atoms with van der Waals surface area (Å²) in [5.74, 6) is 1.70. The van der Waals surface area contributed by atoms with Gasteiger partial charge in [0.05, 0.1) is 7.11 Å². The summed E-state index contributed by atoms with van der Waals surface area (Å²) < 4.78 is 10.8. The molecule has 3 heteroatoms. The molecule has 0 aromatic heterocycles. The number of aryl methyl sites for hydroxylation is 1. The Kier molecular flexibility index (Phi) is 5.23. The first-order valence-corrected chi connectivity index (χ1v) is 7.15. The summed E-state index contributed by atoms with van der Waals surface area (Å²) in [6.45, 7) is 7.07. The molecule has 0 radical (unpaired) electrons. The average molecular weight is 263 g/mol. The van der Waals surface area contributed by atoms with Crippen molar-refractivity contribution < 1.29 is 9.47 Å². The summed E-state index contributed by atoms with van der Waals surface area (Å²) in [4.78, 5) is 0. The van der Waals surface area contributed by atoms with Gasteiger partial charge in [0.15, 0.2) is 0 Å². The second-order valence-electron chi connectivity index (χ2n) is 5.43. The number of ether oxygens (including phenoxy) is 2. The lowest BCUT2D eigenvalue weighted by molar-refractivity contribution is 0.0557. The molecule has 2 rings (SSSR count). The first-order valence-electron chi connectivity index (χ1n) is 7.15. The second kappa shape index (κ2) is 6.92. The largest absolute Gasteiger partial charge is 0.496 e. The van der Waals surface area contributed by atoms with Crippen LogP contribution in [0.4, 0.5) is 0 Å². The average Bonchev–Trinajstić information content (AvgIpc) is 2.46. The Morgan fingerprint density at radius 2 is 2.11 bits per heavy atom. The number of methoxy groups -OCH3 is 1. The molecule has 19 heavy (non-hydrogen) atoms. The van der Waals surface area contributed by atoms with E-state index in [0.717, 1.165) is 31.4 Å². The number of benzene rings is 1. The molecule has 1 unspecified atom stereocenters. The van der Waals surface area contributed by atoms with E-state index in [1.165, 1.54) is 24.0 Å². The fraction of sp³-hybridized carbons (Fsp3) is 0.625. The zero-order valence-electron chi connectivity index (χ0n) is 12.2. The van der Waals surface area contributed by atoms with E-state index in [0.29, 0.717) is 6.04 Å². The Hall–Kier alpha value is -1.06. The first kappa shape index (κ1) is 14.4. The zero-order valence-corrected chi connectivity index (χ0v) is 12.2. The summed E-state index contributed by atoms with van der Waals surface area (Å²) in [5.41, 5.74) is 2.51. The monoisotopic (exact) mass is 263 g/mol. The van der Waals surface area contributed by atoms with Crippen LogP contribution in [-0.4, -0.2) is 26.4 Å². The molecule has 1 saturated heterocycles. The Morgan fingerprint density at radius 3 is 2.79 bits per heavy atom. The molecule has 0 spiro atoms. The lowest BCUT2D eigenvalue weighted by Gasteiger charge is -2.28. The van der Waals surface area contributed by atoms with Gasteiger partial charge in [0.25, 0.3) is 0 Å². The topological polar surface area (TPSA) is 30.5 Å². The second-order valence-corrected chi connectivity index (χ2v) is 5.43. The van der Waals surface area contributed by atoms with Crippen LogP contribution in [0.2, 0.25) is 0 Å². The van der Waals surface area contributed by atoms with Gasteiger partial charge in [-0.3, -0.25) is 0 Å². The minimum Gasteiger partial charge on any atom is -0.496 e. The summed E-state index contributed by atoms with van der Waals surface area (Å²) in [5, 5.41) is 3.64. The fourth-order valence-electron chi connectivity index (χ4n) is 2.70. The highest BCUT2D eigenvalue weighted by Crippen LogP contribution is 2.22. The van der Waals surface area contributed by atoms with Crippen LogP contribution < -0.4 is 10.1 Å². The van der Waals surface area contributed by atoms with E-state index >= 15 is 0 Å². The van der Waals surface area contributed by atoms with Crippen LogP contribution in [0.15, 0.2) is 18.2 Å². The Balaban J connectivity index is 1.92. The third-order valence-corrected chi connectivity index (χ3v) is 4.02. The Morgan fingerprint density at radius 1 is 1.37 bits per heavy atom. The predicted molar refractivity (Wildman–Crippen MR) is 77.6 cm³/mol. The van der Waals surface area contributed by atoms with E-state index in [1.807, 2.05) is 6.07 Å². The molecule has 0 aliphatic carbocycles. The predicted octanol–water partition coefficient (Wildman–Crippen LogP) is 2.91. The highest BCUT2D eigenvalue weighted by Gasteiger charge is 2.20. The van der Waals surface area contributed by atoms with Crippen molar-refractivity contribution in [3.8, 4) is 5.75 Å². The molecule has 1 aromatic rings. The smallest absolute Gasteiger partial charge is 0.123 e. The molecule has 1 N–H and O–H groups in total. The van der Waals surface area contributed by atoms with Crippen molar-refractivity contribution in [2.75, 3.05) is 20.3 Å². The maximum atomic E-state index is 5.42. The van der Waals surface area contributed by atoms with Gasteiger partial charge in [-0.25, -0.2) is 0 Å². The molecule has 1 atom stereocenters. The molecule has 1 aliphatic rings. The van der Waals surface area contributed by atoms with Gasteiger partial charge in [0.2, 0.25) is 0 Å². The van der Waals surface area contributed by atoms with E-state index in [9.17, 15) is 0 Å². The van der Waals surface area contributed by atoms with Crippen molar-refractivity contribution in [3.63, 3.8) is 0 Å². The molecule has 0 saturated carbocycles. The van der Waals surface area contributed by atoms with Crippen LogP contribution in [0.25, 0.3) is 0 Å². The fourth-order valence-corrected chi connectivity index (χ4v) is 2.70. The SMILES string of the molecule is COc1ccc(C)cc1CNC(C)C1CCOCC1. The maximum absolute atomic E-state index is 5.42. The third kappa shape index (κ3) is 3.95. The van der Waals surface area contributed by atoms with Gasteiger partial charge in [0, 0.05) is 31.4 Å². The van der Waals surface area contributed by atoms with Gasteiger partial charge in [-0.15, -0.1) is 0 Å². The summed E-state index contributed by atoms with van der Waals surface area (Å²) in [6.07, 6.45) is 2.33. The van der Waals surface area contributed by atoms with E-state index < -0.39 is 0 Å². The molecule has 1 aliphatic heterocycles. The molecule has 0 amide bonds. The molecule has 1 heterocycles. The molecular weight excluding hydrogens is 238 g/mol. The standard InChI is InChI=1S/C16H25NO2/c1-12-4-5-16(18-3)15(10-12)11-17-13(2)14-6-8-19-9-7-14/h4-5,10,13-14,17H,6-9,11H2,1-3H3. The van der Waals surface area contributed by atoms with Gasteiger partial charge in [-0.05, 0) is 38.7 Å². The molecule has 106 valence electrons. The van der Waals surface area contributed by atoms with Crippen molar-refractivity contribution in [2.24, 2.45) is 5.92 Å². The van der Waals surface area contributed by atoms with Crippen LogP contribution in [0.3, 0.4) is 0 Å². The molecule has 0 bridgehead atoms. The summed E-state index contributed by atoms with van der Waals surface area (Å²) in [7, 11) is 1.73. The number of nitrogens with one attached hydrogen (secondary N) is 1. The lowest BCUT2D eigenvalue weighted by atomic mass is 9.93. The van der Waals surface area contributed by atoms with Crippen LogP contribution in [0.5, 0.6) is 5.75 Å². The number of rotatable bonds is 5. The van der Waals surface area contributed by atoms with Crippen molar-refractivity contribution in [3.05, 3.63) is 29.3 Å². The Labute approximate surface area is 116 Å². The zero-order chi connectivity index (χ0) is 13.7. The van der Waals surface area contributed by atoms with Crippen LogP contribution in [-0.2, 0) is 11.3 Å². The number of hydrogen-bond donors (Lipinski definition) is 1. The normalized spacial score (nSPS) is 18.3. The lowest BCUT2D eigenvalue weighted by Crippen LogP contribution is -2.36. The van der Waals surface area contributed by atoms with Crippen molar-refractivity contribution >= 4 is 0 Å². The van der Waals surface area contributed by atoms with Gasteiger partial charge in [-0.1, -0.05) is 17.7 Å². The van der Waals surface area contributed by atoms with Crippen LogP contribution >= 0.6 is 0 Å². The minimum atomic E-state index is 0.522. The van der Waals surface area contributed by atoms with Gasteiger partial charge < -0.3 is 14.8 Å².